The first kappa shape index (κ1) is 12.4. The van der Waals surface area contributed by atoms with Crippen molar-refractivity contribution in [3.63, 3.8) is 0 Å². The number of ether oxygens (including phenoxy) is 1. The van der Waals surface area contributed by atoms with Crippen molar-refractivity contribution in [2.45, 2.75) is 39.2 Å². The van der Waals surface area contributed by atoms with Crippen LogP contribution in [0.5, 0.6) is 5.75 Å². The van der Waals surface area contributed by atoms with Crippen LogP contribution in [0.4, 0.5) is 4.39 Å². The standard InChI is InChI=1S/C14H20FNO/c1-9-11(7-12-5-4-6-16-12)8-13(15)10(2)14(9)17-3/h8,12,16H,4-7H2,1-3H3. The summed E-state index contributed by atoms with van der Waals surface area (Å²) >= 11 is 0. The van der Waals surface area contributed by atoms with Gasteiger partial charge in [0.05, 0.1) is 7.11 Å². The van der Waals surface area contributed by atoms with Crippen molar-refractivity contribution < 1.29 is 9.13 Å². The Morgan fingerprint density at radius 3 is 2.76 bits per heavy atom. The van der Waals surface area contributed by atoms with Gasteiger partial charge in [-0.1, -0.05) is 0 Å². The number of methoxy groups -OCH3 is 1. The molecule has 0 amide bonds. The number of hydrogen-bond donors (Lipinski definition) is 1. The monoisotopic (exact) mass is 237 g/mol. The van der Waals surface area contributed by atoms with Crippen molar-refractivity contribution in [3.8, 4) is 5.75 Å². The Labute approximate surface area is 102 Å². The first-order valence-electron chi connectivity index (χ1n) is 6.19. The second kappa shape index (κ2) is 5.05. The topological polar surface area (TPSA) is 21.3 Å². The van der Waals surface area contributed by atoms with E-state index in [1.54, 1.807) is 20.1 Å². The summed E-state index contributed by atoms with van der Waals surface area (Å²) in [6, 6.07) is 2.15. The summed E-state index contributed by atoms with van der Waals surface area (Å²) in [6.45, 7) is 4.85. The van der Waals surface area contributed by atoms with Crippen LogP contribution in [0.25, 0.3) is 0 Å². The first-order valence-corrected chi connectivity index (χ1v) is 6.19. The first-order chi connectivity index (χ1) is 8.13. The van der Waals surface area contributed by atoms with Gasteiger partial charge in [-0.3, -0.25) is 0 Å². The highest BCUT2D eigenvalue weighted by Gasteiger charge is 2.19. The van der Waals surface area contributed by atoms with Crippen LogP contribution in [0, 0.1) is 19.7 Å². The molecule has 1 N–H and O–H groups in total. The van der Waals surface area contributed by atoms with Gasteiger partial charge in [0.15, 0.2) is 0 Å². The average Bonchev–Trinajstić information content (AvgIpc) is 2.79. The third kappa shape index (κ3) is 2.44. The largest absolute Gasteiger partial charge is 0.496 e. The molecule has 2 nitrogen and oxygen atoms in total. The average molecular weight is 237 g/mol. The Balaban J connectivity index is 2.30. The lowest BCUT2D eigenvalue weighted by molar-refractivity contribution is 0.402. The van der Waals surface area contributed by atoms with Gasteiger partial charge in [0.25, 0.3) is 0 Å². The highest BCUT2D eigenvalue weighted by atomic mass is 19.1. The summed E-state index contributed by atoms with van der Waals surface area (Å²) in [7, 11) is 1.60. The maximum absolute atomic E-state index is 13.8. The molecule has 1 aliphatic heterocycles. The predicted octanol–water partition coefficient (Wildman–Crippen LogP) is 2.75. The molecule has 17 heavy (non-hydrogen) atoms. The molecule has 0 aromatic heterocycles. The summed E-state index contributed by atoms with van der Waals surface area (Å²) in [5.74, 6) is 0.526. The molecule has 1 fully saturated rings. The van der Waals surface area contributed by atoms with Gasteiger partial charge >= 0.3 is 0 Å². The molecular formula is C14H20FNO. The van der Waals surface area contributed by atoms with Crippen LogP contribution in [-0.4, -0.2) is 19.7 Å². The molecule has 1 unspecified atom stereocenters. The normalized spacial score (nSPS) is 19.6. The van der Waals surface area contributed by atoms with E-state index in [-0.39, 0.29) is 5.82 Å². The van der Waals surface area contributed by atoms with E-state index in [9.17, 15) is 4.39 Å². The van der Waals surface area contributed by atoms with Crippen molar-refractivity contribution in [3.05, 3.63) is 28.6 Å². The zero-order chi connectivity index (χ0) is 12.4. The lowest BCUT2D eigenvalue weighted by atomic mass is 9.97. The number of benzene rings is 1. The molecule has 1 heterocycles. The van der Waals surface area contributed by atoms with E-state index in [1.807, 2.05) is 6.92 Å². The molecule has 1 saturated heterocycles. The van der Waals surface area contributed by atoms with Gasteiger partial charge < -0.3 is 10.1 Å². The molecular weight excluding hydrogens is 217 g/mol. The lowest BCUT2D eigenvalue weighted by Crippen LogP contribution is -2.24. The van der Waals surface area contributed by atoms with Gasteiger partial charge in [0.2, 0.25) is 0 Å². The number of nitrogens with one attached hydrogen (secondary N) is 1. The zero-order valence-corrected chi connectivity index (χ0v) is 10.8. The second-order valence-electron chi connectivity index (χ2n) is 4.80. The molecule has 1 aromatic carbocycles. The third-order valence-corrected chi connectivity index (χ3v) is 3.65. The minimum absolute atomic E-state index is 0.166. The van der Waals surface area contributed by atoms with E-state index in [2.05, 4.69) is 5.32 Å². The minimum Gasteiger partial charge on any atom is -0.496 e. The van der Waals surface area contributed by atoms with Crippen LogP contribution in [0.15, 0.2) is 6.07 Å². The zero-order valence-electron chi connectivity index (χ0n) is 10.8. The van der Waals surface area contributed by atoms with Gasteiger partial charge in [-0.2, -0.15) is 0 Å². The quantitative estimate of drug-likeness (QED) is 0.872. The van der Waals surface area contributed by atoms with Crippen LogP contribution in [0.1, 0.15) is 29.5 Å². The van der Waals surface area contributed by atoms with Crippen molar-refractivity contribution in [2.75, 3.05) is 13.7 Å². The number of hydrogen-bond acceptors (Lipinski definition) is 2. The lowest BCUT2D eigenvalue weighted by Gasteiger charge is -2.17. The summed E-state index contributed by atoms with van der Waals surface area (Å²) in [6.07, 6.45) is 3.28. The Bertz CT molecular complexity index is 411. The van der Waals surface area contributed by atoms with Crippen LogP contribution >= 0.6 is 0 Å². The Hall–Kier alpha value is -1.09. The maximum atomic E-state index is 13.8. The number of rotatable bonds is 3. The van der Waals surface area contributed by atoms with Crippen LogP contribution < -0.4 is 10.1 Å². The Morgan fingerprint density at radius 2 is 2.18 bits per heavy atom. The van der Waals surface area contributed by atoms with Crippen LogP contribution in [0.3, 0.4) is 0 Å². The minimum atomic E-state index is -0.166. The molecule has 1 aromatic rings. The van der Waals surface area contributed by atoms with Crippen molar-refractivity contribution in [1.29, 1.82) is 0 Å². The predicted molar refractivity (Wildman–Crippen MR) is 67.2 cm³/mol. The van der Waals surface area contributed by atoms with Gasteiger partial charge in [0.1, 0.15) is 11.6 Å². The fourth-order valence-electron chi connectivity index (χ4n) is 2.62. The summed E-state index contributed by atoms with van der Waals surface area (Å²) in [5.41, 5.74) is 2.73. The van der Waals surface area contributed by atoms with E-state index in [4.69, 9.17) is 4.74 Å². The van der Waals surface area contributed by atoms with Crippen molar-refractivity contribution in [2.24, 2.45) is 0 Å². The summed E-state index contributed by atoms with van der Waals surface area (Å²) in [4.78, 5) is 0. The van der Waals surface area contributed by atoms with Crippen molar-refractivity contribution >= 4 is 0 Å². The molecule has 0 aliphatic carbocycles. The molecule has 0 spiro atoms. The second-order valence-corrected chi connectivity index (χ2v) is 4.80. The van der Waals surface area contributed by atoms with E-state index >= 15 is 0 Å². The third-order valence-electron chi connectivity index (χ3n) is 3.65. The molecule has 1 atom stereocenters. The molecule has 3 heteroatoms. The SMILES string of the molecule is COc1c(C)c(F)cc(CC2CCCN2)c1C. The van der Waals surface area contributed by atoms with E-state index < -0.39 is 0 Å². The van der Waals surface area contributed by atoms with Gasteiger partial charge in [-0.15, -0.1) is 0 Å². The molecule has 94 valence electrons. The molecule has 0 saturated carbocycles. The molecule has 0 radical (unpaired) electrons. The Kier molecular flexibility index (Phi) is 3.67. The van der Waals surface area contributed by atoms with Crippen LogP contribution in [0.2, 0.25) is 0 Å². The van der Waals surface area contributed by atoms with E-state index in [0.29, 0.717) is 17.4 Å². The Morgan fingerprint density at radius 1 is 1.41 bits per heavy atom. The fraction of sp³-hybridized carbons (Fsp3) is 0.571. The fourth-order valence-corrected chi connectivity index (χ4v) is 2.62. The highest BCUT2D eigenvalue weighted by molar-refractivity contribution is 5.46. The highest BCUT2D eigenvalue weighted by Crippen LogP contribution is 2.29. The molecule has 0 bridgehead atoms. The molecule has 1 aliphatic rings. The maximum Gasteiger partial charge on any atom is 0.130 e. The van der Waals surface area contributed by atoms with E-state index in [0.717, 1.165) is 24.1 Å². The molecule has 2 rings (SSSR count). The summed E-state index contributed by atoms with van der Waals surface area (Å²) in [5, 5.41) is 3.44. The smallest absolute Gasteiger partial charge is 0.130 e. The van der Waals surface area contributed by atoms with Crippen molar-refractivity contribution in [1.82, 2.24) is 5.32 Å². The van der Waals surface area contributed by atoms with Gasteiger partial charge in [0, 0.05) is 11.6 Å². The van der Waals surface area contributed by atoms with Gasteiger partial charge in [-0.25, -0.2) is 4.39 Å². The number of halogens is 1. The summed E-state index contributed by atoms with van der Waals surface area (Å²) < 4.78 is 19.1. The van der Waals surface area contributed by atoms with E-state index in [1.165, 1.54) is 12.8 Å². The van der Waals surface area contributed by atoms with Crippen LogP contribution in [-0.2, 0) is 6.42 Å². The van der Waals surface area contributed by atoms with Gasteiger partial charge in [-0.05, 0) is 56.8 Å².